The van der Waals surface area contributed by atoms with E-state index >= 15 is 0 Å². The number of urea groups is 1. The van der Waals surface area contributed by atoms with Crippen LogP contribution in [0.3, 0.4) is 0 Å². The molecule has 2 saturated heterocycles. The first-order chi connectivity index (χ1) is 10.1. The van der Waals surface area contributed by atoms with Crippen LogP contribution < -0.4 is 15.5 Å². The average molecular weight is 293 g/mol. The molecule has 3 amide bonds. The van der Waals surface area contributed by atoms with Crippen LogP contribution in [-0.4, -0.2) is 44.3 Å². The molecule has 0 spiro atoms. The first kappa shape index (κ1) is 13.8. The number of hydrogen-bond acceptors (Lipinski definition) is 3. The number of benzene rings is 1. The number of ether oxygens (including phenoxy) is 1. The standard InChI is InChI=1S/C14H16FN3O3/c1-16-13(19)9-3-2-8(6-10(9)15)18-12-7-21-5-4-11(12)17-14(18)20/h2-3,6,11-12H,4-5,7H2,1H3,(H,16,19)(H,17,20)/t11-,12-/m0/s1. The van der Waals surface area contributed by atoms with Crippen LogP contribution in [0.1, 0.15) is 16.8 Å². The molecule has 0 aromatic heterocycles. The first-order valence-electron chi connectivity index (χ1n) is 6.81. The maximum absolute atomic E-state index is 14.0. The molecule has 2 aliphatic rings. The van der Waals surface area contributed by atoms with Gasteiger partial charge in [0.05, 0.1) is 24.3 Å². The molecule has 2 atom stereocenters. The van der Waals surface area contributed by atoms with Crippen LogP contribution >= 0.6 is 0 Å². The number of rotatable bonds is 2. The van der Waals surface area contributed by atoms with Crippen molar-refractivity contribution in [1.82, 2.24) is 10.6 Å². The van der Waals surface area contributed by atoms with E-state index in [4.69, 9.17) is 4.74 Å². The zero-order chi connectivity index (χ0) is 15.0. The van der Waals surface area contributed by atoms with E-state index in [2.05, 4.69) is 10.6 Å². The molecule has 1 aromatic carbocycles. The molecule has 2 heterocycles. The summed E-state index contributed by atoms with van der Waals surface area (Å²) in [6.45, 7) is 1.03. The Morgan fingerprint density at radius 1 is 1.52 bits per heavy atom. The van der Waals surface area contributed by atoms with Crippen molar-refractivity contribution in [3.8, 4) is 0 Å². The van der Waals surface area contributed by atoms with Gasteiger partial charge in [0, 0.05) is 19.3 Å². The minimum Gasteiger partial charge on any atom is -0.379 e. The molecule has 2 aliphatic heterocycles. The zero-order valence-corrected chi connectivity index (χ0v) is 11.6. The third-order valence-corrected chi connectivity index (χ3v) is 3.89. The highest BCUT2D eigenvalue weighted by Gasteiger charge is 2.42. The van der Waals surface area contributed by atoms with Gasteiger partial charge in [-0.1, -0.05) is 0 Å². The van der Waals surface area contributed by atoms with E-state index in [0.29, 0.717) is 18.9 Å². The quantitative estimate of drug-likeness (QED) is 0.850. The molecule has 0 unspecified atom stereocenters. The fourth-order valence-corrected chi connectivity index (χ4v) is 2.81. The van der Waals surface area contributed by atoms with Crippen molar-refractivity contribution in [2.75, 3.05) is 25.2 Å². The van der Waals surface area contributed by atoms with Crippen molar-refractivity contribution in [2.45, 2.75) is 18.5 Å². The van der Waals surface area contributed by atoms with E-state index in [9.17, 15) is 14.0 Å². The molecular formula is C14H16FN3O3. The zero-order valence-electron chi connectivity index (χ0n) is 11.6. The maximum Gasteiger partial charge on any atom is 0.322 e. The summed E-state index contributed by atoms with van der Waals surface area (Å²) in [6, 6.07) is 3.78. The van der Waals surface area contributed by atoms with Gasteiger partial charge in [-0.3, -0.25) is 9.69 Å². The van der Waals surface area contributed by atoms with Crippen LogP contribution in [0, 0.1) is 5.82 Å². The topological polar surface area (TPSA) is 70.7 Å². The Bertz CT molecular complexity index is 593. The number of hydrogen-bond donors (Lipinski definition) is 2. The monoisotopic (exact) mass is 293 g/mol. The molecule has 2 N–H and O–H groups in total. The molecule has 0 bridgehead atoms. The fraction of sp³-hybridized carbons (Fsp3) is 0.429. The van der Waals surface area contributed by atoms with Crippen molar-refractivity contribution in [3.63, 3.8) is 0 Å². The number of carbonyl (C=O) groups is 2. The van der Waals surface area contributed by atoms with Crippen LogP contribution in [-0.2, 0) is 4.74 Å². The second-order valence-corrected chi connectivity index (χ2v) is 5.10. The predicted octanol–water partition coefficient (Wildman–Crippen LogP) is 0.872. The molecule has 6 nitrogen and oxygen atoms in total. The summed E-state index contributed by atoms with van der Waals surface area (Å²) in [5.41, 5.74) is 0.382. The van der Waals surface area contributed by atoms with E-state index in [1.807, 2.05) is 0 Å². The maximum atomic E-state index is 14.0. The Morgan fingerprint density at radius 2 is 2.33 bits per heavy atom. The van der Waals surface area contributed by atoms with Gasteiger partial charge >= 0.3 is 6.03 Å². The van der Waals surface area contributed by atoms with Crippen molar-refractivity contribution < 1.29 is 18.7 Å². The van der Waals surface area contributed by atoms with Gasteiger partial charge in [-0.25, -0.2) is 9.18 Å². The smallest absolute Gasteiger partial charge is 0.322 e. The van der Waals surface area contributed by atoms with Crippen LogP contribution in [0.4, 0.5) is 14.9 Å². The SMILES string of the molecule is CNC(=O)c1ccc(N2C(=O)N[C@H]3CCOC[C@@H]32)cc1F. The van der Waals surface area contributed by atoms with Gasteiger partial charge in [0.15, 0.2) is 0 Å². The molecule has 7 heteroatoms. The van der Waals surface area contributed by atoms with E-state index in [1.165, 1.54) is 24.1 Å². The lowest BCUT2D eigenvalue weighted by atomic mass is 10.0. The van der Waals surface area contributed by atoms with Gasteiger partial charge in [-0.05, 0) is 24.6 Å². The number of amides is 3. The summed E-state index contributed by atoms with van der Waals surface area (Å²) in [7, 11) is 1.44. The van der Waals surface area contributed by atoms with Gasteiger partial charge in [-0.15, -0.1) is 0 Å². The number of fused-ring (bicyclic) bond motifs is 1. The number of anilines is 1. The van der Waals surface area contributed by atoms with Gasteiger partial charge in [0.2, 0.25) is 0 Å². The molecule has 3 rings (SSSR count). The second-order valence-electron chi connectivity index (χ2n) is 5.10. The lowest BCUT2D eigenvalue weighted by Gasteiger charge is -2.29. The minimum absolute atomic E-state index is 0.0212. The normalized spacial score (nSPS) is 24.5. The average Bonchev–Trinajstić information content (AvgIpc) is 2.82. The van der Waals surface area contributed by atoms with Crippen molar-refractivity contribution in [1.29, 1.82) is 0 Å². The van der Waals surface area contributed by atoms with E-state index in [1.54, 1.807) is 6.07 Å². The molecule has 2 fully saturated rings. The van der Waals surface area contributed by atoms with Crippen molar-refractivity contribution in [3.05, 3.63) is 29.6 Å². The molecular weight excluding hydrogens is 277 g/mol. The number of halogens is 1. The summed E-state index contributed by atoms with van der Waals surface area (Å²) in [5.74, 6) is -1.15. The molecule has 0 saturated carbocycles. The molecule has 112 valence electrons. The van der Waals surface area contributed by atoms with Gasteiger partial charge in [-0.2, -0.15) is 0 Å². The second kappa shape index (κ2) is 5.33. The number of nitrogens with one attached hydrogen (secondary N) is 2. The predicted molar refractivity (Wildman–Crippen MR) is 73.8 cm³/mol. The van der Waals surface area contributed by atoms with Gasteiger partial charge in [0.25, 0.3) is 5.91 Å². The van der Waals surface area contributed by atoms with Crippen LogP contribution in [0.2, 0.25) is 0 Å². The Balaban J connectivity index is 1.91. The van der Waals surface area contributed by atoms with Crippen LogP contribution in [0.25, 0.3) is 0 Å². The molecule has 0 radical (unpaired) electrons. The lowest BCUT2D eigenvalue weighted by molar-refractivity contribution is 0.0738. The number of carbonyl (C=O) groups excluding carboxylic acids is 2. The largest absolute Gasteiger partial charge is 0.379 e. The highest BCUT2D eigenvalue weighted by atomic mass is 19.1. The fourth-order valence-electron chi connectivity index (χ4n) is 2.81. The van der Waals surface area contributed by atoms with Gasteiger partial charge < -0.3 is 15.4 Å². The third-order valence-electron chi connectivity index (χ3n) is 3.89. The Kier molecular flexibility index (Phi) is 3.50. The van der Waals surface area contributed by atoms with E-state index < -0.39 is 11.7 Å². The summed E-state index contributed by atoms with van der Waals surface area (Å²) >= 11 is 0. The molecule has 1 aromatic rings. The lowest BCUT2D eigenvalue weighted by Crippen LogP contribution is -2.44. The summed E-state index contributed by atoms with van der Waals surface area (Å²) in [5, 5.41) is 5.25. The van der Waals surface area contributed by atoms with Crippen LogP contribution in [0.5, 0.6) is 0 Å². The molecule has 0 aliphatic carbocycles. The van der Waals surface area contributed by atoms with E-state index in [0.717, 1.165) is 6.42 Å². The van der Waals surface area contributed by atoms with Crippen molar-refractivity contribution >= 4 is 17.6 Å². The first-order valence-corrected chi connectivity index (χ1v) is 6.81. The van der Waals surface area contributed by atoms with Crippen LogP contribution in [0.15, 0.2) is 18.2 Å². The highest BCUT2D eigenvalue weighted by Crippen LogP contribution is 2.28. The Hall–Kier alpha value is -2.15. The summed E-state index contributed by atoms with van der Waals surface area (Å²) < 4.78 is 19.4. The summed E-state index contributed by atoms with van der Waals surface area (Å²) in [4.78, 5) is 25.1. The van der Waals surface area contributed by atoms with Gasteiger partial charge in [0.1, 0.15) is 5.82 Å². The van der Waals surface area contributed by atoms with E-state index in [-0.39, 0.29) is 23.7 Å². The number of nitrogens with zero attached hydrogens (tertiary/aromatic N) is 1. The highest BCUT2D eigenvalue weighted by molar-refractivity contribution is 5.98. The summed E-state index contributed by atoms with van der Waals surface area (Å²) in [6.07, 6.45) is 0.742. The third kappa shape index (κ3) is 2.33. The minimum atomic E-state index is -0.653. The Morgan fingerprint density at radius 3 is 3.05 bits per heavy atom. The Labute approximate surface area is 121 Å². The van der Waals surface area contributed by atoms with Crippen molar-refractivity contribution in [2.24, 2.45) is 0 Å². The molecule has 21 heavy (non-hydrogen) atoms.